The molecule has 1 spiro atoms. The fourth-order valence-electron chi connectivity index (χ4n) is 5.77. The van der Waals surface area contributed by atoms with Gasteiger partial charge in [0.15, 0.2) is 5.78 Å². The third-order valence-electron chi connectivity index (χ3n) is 7.19. The minimum absolute atomic E-state index is 0.00130. The summed E-state index contributed by atoms with van der Waals surface area (Å²) in [6.45, 7) is 3.20. The summed E-state index contributed by atoms with van der Waals surface area (Å²) in [6.07, 6.45) is 3.53. The molecule has 5 rings (SSSR count). The zero-order chi connectivity index (χ0) is 23.0. The molecule has 166 valence electrons. The Balaban J connectivity index is 1.67. The summed E-state index contributed by atoms with van der Waals surface area (Å²) in [5.74, 6) is -0.621. The van der Waals surface area contributed by atoms with Crippen molar-refractivity contribution in [2.45, 2.75) is 18.4 Å². The number of likely N-dealkylation sites (N-methyl/N-ethyl adjacent to an activating group) is 2. The predicted molar refractivity (Wildman–Crippen MR) is 132 cm³/mol. The van der Waals surface area contributed by atoms with E-state index in [9.17, 15) is 9.59 Å². The molecule has 2 heterocycles. The van der Waals surface area contributed by atoms with Crippen LogP contribution in [0.15, 0.2) is 91.0 Å². The Hall–Kier alpha value is -3.50. The van der Waals surface area contributed by atoms with Gasteiger partial charge < -0.3 is 4.90 Å². The van der Waals surface area contributed by atoms with Crippen LogP contribution in [0.2, 0.25) is 0 Å². The summed E-state index contributed by atoms with van der Waals surface area (Å²) >= 11 is 0. The average molecular weight is 437 g/mol. The summed E-state index contributed by atoms with van der Waals surface area (Å²) in [6, 6.07) is 27.9. The van der Waals surface area contributed by atoms with Gasteiger partial charge in [-0.25, -0.2) is 0 Å². The molecule has 0 saturated carbocycles. The number of benzene rings is 3. The molecule has 3 atom stereocenters. The number of nitrogens with zero attached hydrogens (tertiary/aromatic N) is 2. The van der Waals surface area contributed by atoms with E-state index in [1.165, 1.54) is 0 Å². The molecule has 0 bridgehead atoms. The molecule has 3 aromatic rings. The summed E-state index contributed by atoms with van der Waals surface area (Å²) in [7, 11) is 1.98. The fourth-order valence-corrected chi connectivity index (χ4v) is 5.77. The standard InChI is InChI=1S/C29H28N2O2/c1-3-31-25-17-11-10-16-24(25)29(28(31)33)27(26(32)19-18-21-12-6-4-7-13-21)23(20-30(29)2)22-14-8-5-9-15-22/h4-19,23,27H,3,20H2,1-2H3. The van der Waals surface area contributed by atoms with E-state index in [1.54, 1.807) is 6.08 Å². The number of rotatable bonds is 5. The van der Waals surface area contributed by atoms with Crippen molar-refractivity contribution in [1.29, 1.82) is 0 Å². The number of amides is 1. The molecule has 0 aliphatic carbocycles. The SMILES string of the molecule is CCN1C(=O)C2(c3ccccc31)C(C(=O)C=Cc1ccccc1)C(c1ccccc1)CN2C. The van der Waals surface area contributed by atoms with Crippen molar-refractivity contribution in [3.63, 3.8) is 0 Å². The summed E-state index contributed by atoms with van der Waals surface area (Å²) < 4.78 is 0. The molecule has 1 saturated heterocycles. The molecule has 3 unspecified atom stereocenters. The fraction of sp³-hybridized carbons (Fsp3) is 0.241. The first-order valence-corrected chi connectivity index (χ1v) is 11.5. The van der Waals surface area contributed by atoms with Crippen molar-refractivity contribution in [3.8, 4) is 0 Å². The Morgan fingerprint density at radius 3 is 2.30 bits per heavy atom. The van der Waals surface area contributed by atoms with Gasteiger partial charge in [0.1, 0.15) is 5.54 Å². The number of fused-ring (bicyclic) bond motifs is 2. The van der Waals surface area contributed by atoms with Gasteiger partial charge in [-0.1, -0.05) is 84.9 Å². The van der Waals surface area contributed by atoms with Gasteiger partial charge in [0.25, 0.3) is 5.91 Å². The molecule has 3 aromatic carbocycles. The van der Waals surface area contributed by atoms with E-state index in [2.05, 4.69) is 17.0 Å². The highest BCUT2D eigenvalue weighted by Gasteiger charge is 2.65. The summed E-state index contributed by atoms with van der Waals surface area (Å²) in [5.41, 5.74) is 2.90. The Bertz CT molecular complexity index is 1200. The Morgan fingerprint density at radius 2 is 1.61 bits per heavy atom. The van der Waals surface area contributed by atoms with Crippen LogP contribution in [-0.2, 0) is 15.1 Å². The molecule has 0 aromatic heterocycles. The molecule has 2 aliphatic heterocycles. The minimum Gasteiger partial charge on any atom is -0.310 e. The van der Waals surface area contributed by atoms with Crippen molar-refractivity contribution in [1.82, 2.24) is 4.90 Å². The van der Waals surface area contributed by atoms with Gasteiger partial charge in [-0.15, -0.1) is 0 Å². The predicted octanol–water partition coefficient (Wildman–Crippen LogP) is 4.88. The second kappa shape index (κ2) is 8.45. The van der Waals surface area contributed by atoms with E-state index in [0.717, 1.165) is 22.4 Å². The minimum atomic E-state index is -1.01. The number of hydrogen-bond donors (Lipinski definition) is 0. The van der Waals surface area contributed by atoms with Crippen LogP contribution in [0.25, 0.3) is 6.08 Å². The number of anilines is 1. The van der Waals surface area contributed by atoms with Gasteiger partial charge in [-0.05, 0) is 37.2 Å². The monoisotopic (exact) mass is 436 g/mol. The van der Waals surface area contributed by atoms with E-state index in [4.69, 9.17) is 0 Å². The second-order valence-electron chi connectivity index (χ2n) is 8.85. The van der Waals surface area contributed by atoms with E-state index in [0.29, 0.717) is 13.1 Å². The molecule has 2 aliphatic rings. The van der Waals surface area contributed by atoms with Crippen LogP contribution in [0.3, 0.4) is 0 Å². The normalized spacial score (nSPS) is 24.7. The Kier molecular flexibility index (Phi) is 5.47. The van der Waals surface area contributed by atoms with Crippen LogP contribution in [0, 0.1) is 5.92 Å². The van der Waals surface area contributed by atoms with E-state index < -0.39 is 11.5 Å². The maximum Gasteiger partial charge on any atom is 0.252 e. The summed E-state index contributed by atoms with van der Waals surface area (Å²) in [4.78, 5) is 32.0. The molecular weight excluding hydrogens is 408 g/mol. The molecular formula is C29H28N2O2. The van der Waals surface area contributed by atoms with Crippen LogP contribution >= 0.6 is 0 Å². The quantitative estimate of drug-likeness (QED) is 0.536. The van der Waals surface area contributed by atoms with Crippen molar-refractivity contribution in [2.24, 2.45) is 5.92 Å². The van der Waals surface area contributed by atoms with Gasteiger partial charge in [0.05, 0.1) is 5.92 Å². The topological polar surface area (TPSA) is 40.6 Å². The zero-order valence-electron chi connectivity index (χ0n) is 19.0. The van der Waals surface area contributed by atoms with Crippen molar-refractivity contribution < 1.29 is 9.59 Å². The van der Waals surface area contributed by atoms with Gasteiger partial charge in [0, 0.05) is 30.3 Å². The number of hydrogen-bond acceptors (Lipinski definition) is 3. The molecule has 33 heavy (non-hydrogen) atoms. The lowest BCUT2D eigenvalue weighted by atomic mass is 9.71. The van der Waals surface area contributed by atoms with E-state index in [1.807, 2.05) is 97.7 Å². The molecule has 4 heteroatoms. The zero-order valence-corrected chi connectivity index (χ0v) is 19.0. The van der Waals surface area contributed by atoms with Gasteiger partial charge in [-0.3, -0.25) is 14.5 Å². The Labute approximate surface area is 195 Å². The van der Waals surface area contributed by atoms with Crippen LogP contribution < -0.4 is 4.90 Å². The third kappa shape index (κ3) is 3.25. The molecule has 4 nitrogen and oxygen atoms in total. The van der Waals surface area contributed by atoms with E-state index >= 15 is 0 Å². The maximum absolute atomic E-state index is 14.1. The number of carbonyl (C=O) groups is 2. The Morgan fingerprint density at radius 1 is 0.970 bits per heavy atom. The highest BCUT2D eigenvalue weighted by Crippen LogP contribution is 2.56. The molecule has 1 amide bonds. The van der Waals surface area contributed by atoms with Crippen LogP contribution in [0.1, 0.15) is 29.5 Å². The van der Waals surface area contributed by atoms with Gasteiger partial charge >= 0.3 is 0 Å². The lowest BCUT2D eigenvalue weighted by Crippen LogP contribution is -2.53. The number of likely N-dealkylation sites (tertiary alicyclic amines) is 1. The molecule has 0 radical (unpaired) electrons. The third-order valence-corrected chi connectivity index (χ3v) is 7.19. The lowest BCUT2D eigenvalue weighted by molar-refractivity contribution is -0.135. The highest BCUT2D eigenvalue weighted by molar-refractivity contribution is 6.12. The van der Waals surface area contributed by atoms with Gasteiger partial charge in [0.2, 0.25) is 0 Å². The second-order valence-corrected chi connectivity index (χ2v) is 8.85. The first-order chi connectivity index (χ1) is 16.1. The molecule has 1 fully saturated rings. The first-order valence-electron chi connectivity index (χ1n) is 11.5. The van der Waals surface area contributed by atoms with Crippen LogP contribution in [0.4, 0.5) is 5.69 Å². The van der Waals surface area contributed by atoms with Crippen molar-refractivity contribution in [2.75, 3.05) is 25.0 Å². The van der Waals surface area contributed by atoms with Gasteiger partial charge in [-0.2, -0.15) is 0 Å². The highest BCUT2D eigenvalue weighted by atomic mass is 16.2. The average Bonchev–Trinajstić information content (AvgIpc) is 3.31. The largest absolute Gasteiger partial charge is 0.310 e. The number of ketones is 1. The number of allylic oxidation sites excluding steroid dienone is 1. The van der Waals surface area contributed by atoms with Crippen LogP contribution in [0.5, 0.6) is 0 Å². The van der Waals surface area contributed by atoms with E-state index in [-0.39, 0.29) is 17.6 Å². The number of para-hydroxylation sites is 1. The van der Waals surface area contributed by atoms with Crippen molar-refractivity contribution in [3.05, 3.63) is 108 Å². The smallest absolute Gasteiger partial charge is 0.252 e. The molecule has 0 N–H and O–H groups in total. The first kappa shape index (κ1) is 21.4. The maximum atomic E-state index is 14.1. The lowest BCUT2D eigenvalue weighted by Gasteiger charge is -2.35. The summed E-state index contributed by atoms with van der Waals surface area (Å²) in [5, 5.41) is 0. The van der Waals surface area contributed by atoms with Crippen LogP contribution in [-0.4, -0.2) is 36.7 Å². The van der Waals surface area contributed by atoms with Crippen molar-refractivity contribution >= 4 is 23.5 Å². The number of carbonyl (C=O) groups excluding carboxylic acids is 2.